The van der Waals surface area contributed by atoms with Crippen molar-refractivity contribution in [3.05, 3.63) is 11.9 Å². The van der Waals surface area contributed by atoms with Gasteiger partial charge in [-0.05, 0) is 26.7 Å². The lowest BCUT2D eigenvalue weighted by Gasteiger charge is -2.32. The van der Waals surface area contributed by atoms with E-state index >= 15 is 0 Å². The second kappa shape index (κ2) is 6.54. The van der Waals surface area contributed by atoms with E-state index in [-0.39, 0.29) is 11.9 Å². The summed E-state index contributed by atoms with van der Waals surface area (Å²) >= 11 is 0. The first-order valence-corrected chi connectivity index (χ1v) is 6.95. The topological polar surface area (TPSA) is 64.5 Å². The minimum atomic E-state index is -0.116. The van der Waals surface area contributed by atoms with Gasteiger partial charge in [0.15, 0.2) is 0 Å². The Morgan fingerprint density at radius 2 is 2.30 bits per heavy atom. The van der Waals surface area contributed by atoms with Crippen LogP contribution >= 0.6 is 0 Å². The fourth-order valence-electron chi connectivity index (χ4n) is 2.43. The van der Waals surface area contributed by atoms with Gasteiger partial charge < -0.3 is 14.4 Å². The molecule has 0 spiro atoms. The van der Waals surface area contributed by atoms with E-state index in [0.29, 0.717) is 24.9 Å². The Labute approximate surface area is 119 Å². The van der Waals surface area contributed by atoms with Crippen LogP contribution in [0.5, 0.6) is 5.88 Å². The van der Waals surface area contributed by atoms with E-state index in [1.807, 2.05) is 13.8 Å². The molecule has 0 aliphatic carbocycles. The van der Waals surface area contributed by atoms with Gasteiger partial charge in [0.25, 0.3) is 0 Å². The number of aryl methyl sites for hydroxylation is 1. The minimum Gasteiger partial charge on any atom is -0.481 e. The number of anilines is 1. The van der Waals surface area contributed by atoms with E-state index in [9.17, 15) is 4.79 Å². The number of hydrogen-bond donors (Lipinski definition) is 0. The number of piperidine rings is 1. The van der Waals surface area contributed by atoms with Gasteiger partial charge in [0.2, 0.25) is 5.88 Å². The van der Waals surface area contributed by atoms with Crippen LogP contribution in [0.25, 0.3) is 0 Å². The summed E-state index contributed by atoms with van der Waals surface area (Å²) in [6.45, 7) is 5.61. The third-order valence-corrected chi connectivity index (χ3v) is 3.38. The van der Waals surface area contributed by atoms with Gasteiger partial charge in [-0.3, -0.25) is 4.79 Å². The van der Waals surface area contributed by atoms with Crippen molar-refractivity contribution in [2.45, 2.75) is 26.7 Å². The largest absolute Gasteiger partial charge is 0.481 e. The Morgan fingerprint density at radius 3 is 3.00 bits per heavy atom. The number of methoxy groups -OCH3 is 1. The molecule has 0 saturated carbocycles. The predicted octanol–water partition coefficient (Wildman–Crippen LogP) is 1.57. The molecule has 1 aromatic heterocycles. The van der Waals surface area contributed by atoms with Crippen LogP contribution in [-0.4, -0.2) is 42.7 Å². The quantitative estimate of drug-likeness (QED) is 0.780. The van der Waals surface area contributed by atoms with Crippen molar-refractivity contribution in [3.63, 3.8) is 0 Å². The fourth-order valence-corrected chi connectivity index (χ4v) is 2.43. The Bertz CT molecular complexity index is 479. The number of carbonyl (C=O) groups is 1. The van der Waals surface area contributed by atoms with E-state index in [1.54, 1.807) is 13.2 Å². The lowest BCUT2D eigenvalue weighted by molar-refractivity contribution is -0.148. The summed E-state index contributed by atoms with van der Waals surface area (Å²) in [5.74, 6) is 1.83. The van der Waals surface area contributed by atoms with Gasteiger partial charge in [-0.25, -0.2) is 4.98 Å². The number of hydrogen-bond acceptors (Lipinski definition) is 6. The van der Waals surface area contributed by atoms with Crippen LogP contribution in [0.2, 0.25) is 0 Å². The Morgan fingerprint density at radius 1 is 1.50 bits per heavy atom. The van der Waals surface area contributed by atoms with Crippen molar-refractivity contribution >= 4 is 11.8 Å². The maximum atomic E-state index is 11.9. The molecule has 20 heavy (non-hydrogen) atoms. The third-order valence-electron chi connectivity index (χ3n) is 3.38. The van der Waals surface area contributed by atoms with Crippen molar-refractivity contribution in [1.29, 1.82) is 0 Å². The normalized spacial score (nSPS) is 18.8. The number of aromatic nitrogens is 2. The van der Waals surface area contributed by atoms with Gasteiger partial charge in [-0.2, -0.15) is 4.98 Å². The first kappa shape index (κ1) is 14.6. The van der Waals surface area contributed by atoms with Crippen LogP contribution < -0.4 is 9.64 Å². The smallest absolute Gasteiger partial charge is 0.310 e. The fraction of sp³-hybridized carbons (Fsp3) is 0.643. The van der Waals surface area contributed by atoms with E-state index in [2.05, 4.69) is 14.9 Å². The average Bonchev–Trinajstić information content (AvgIpc) is 2.47. The van der Waals surface area contributed by atoms with E-state index in [0.717, 1.165) is 25.2 Å². The van der Waals surface area contributed by atoms with Crippen molar-refractivity contribution < 1.29 is 14.3 Å². The molecule has 0 aromatic carbocycles. The first-order valence-electron chi connectivity index (χ1n) is 6.95. The standard InChI is InChI=1S/C14H21N3O3/c1-4-20-14(18)11-6-5-7-17(9-11)12-8-13(19-3)16-10(2)15-12/h8,11H,4-7,9H2,1-3H3. The summed E-state index contributed by atoms with van der Waals surface area (Å²) in [7, 11) is 1.59. The lowest BCUT2D eigenvalue weighted by atomic mass is 9.98. The molecule has 1 aliphatic rings. The summed E-state index contributed by atoms with van der Waals surface area (Å²) < 4.78 is 10.3. The lowest BCUT2D eigenvalue weighted by Crippen LogP contribution is -2.40. The summed E-state index contributed by atoms with van der Waals surface area (Å²) in [6, 6.07) is 1.81. The summed E-state index contributed by atoms with van der Waals surface area (Å²) in [6.07, 6.45) is 1.82. The van der Waals surface area contributed by atoms with Crippen molar-refractivity contribution in [2.24, 2.45) is 5.92 Å². The number of ether oxygens (including phenoxy) is 2. The SMILES string of the molecule is CCOC(=O)C1CCCN(c2cc(OC)nc(C)n2)C1. The van der Waals surface area contributed by atoms with E-state index < -0.39 is 0 Å². The number of carbonyl (C=O) groups excluding carboxylic acids is 1. The van der Waals surface area contributed by atoms with Gasteiger partial charge in [0, 0.05) is 19.2 Å². The molecule has 0 N–H and O–H groups in total. The maximum absolute atomic E-state index is 11.9. The van der Waals surface area contributed by atoms with Crippen molar-refractivity contribution in [1.82, 2.24) is 9.97 Å². The zero-order valence-corrected chi connectivity index (χ0v) is 12.3. The molecule has 2 rings (SSSR count). The number of rotatable bonds is 4. The second-order valence-corrected chi connectivity index (χ2v) is 4.85. The molecular formula is C14H21N3O3. The third kappa shape index (κ3) is 3.37. The Balaban J connectivity index is 2.12. The molecule has 1 saturated heterocycles. The molecule has 110 valence electrons. The van der Waals surface area contributed by atoms with Gasteiger partial charge in [-0.1, -0.05) is 0 Å². The van der Waals surface area contributed by atoms with Crippen LogP contribution in [0.3, 0.4) is 0 Å². The number of nitrogens with zero attached hydrogens (tertiary/aromatic N) is 3. The molecule has 1 unspecified atom stereocenters. The molecule has 0 amide bonds. The van der Waals surface area contributed by atoms with Gasteiger partial charge in [-0.15, -0.1) is 0 Å². The zero-order chi connectivity index (χ0) is 14.5. The molecule has 2 heterocycles. The highest BCUT2D eigenvalue weighted by atomic mass is 16.5. The Kier molecular flexibility index (Phi) is 4.76. The highest BCUT2D eigenvalue weighted by Crippen LogP contribution is 2.24. The van der Waals surface area contributed by atoms with Gasteiger partial charge in [0.05, 0.1) is 19.6 Å². The van der Waals surface area contributed by atoms with Crippen molar-refractivity contribution in [3.8, 4) is 5.88 Å². The van der Waals surface area contributed by atoms with E-state index in [4.69, 9.17) is 9.47 Å². The molecule has 1 aromatic rings. The zero-order valence-electron chi connectivity index (χ0n) is 12.3. The second-order valence-electron chi connectivity index (χ2n) is 4.85. The highest BCUT2D eigenvalue weighted by molar-refractivity contribution is 5.73. The summed E-state index contributed by atoms with van der Waals surface area (Å²) in [4.78, 5) is 22.6. The van der Waals surface area contributed by atoms with Crippen LogP contribution in [-0.2, 0) is 9.53 Å². The molecule has 1 fully saturated rings. The average molecular weight is 279 g/mol. The molecular weight excluding hydrogens is 258 g/mol. The van der Waals surface area contributed by atoms with Gasteiger partial charge >= 0.3 is 5.97 Å². The number of esters is 1. The van der Waals surface area contributed by atoms with Crippen LogP contribution in [0.1, 0.15) is 25.6 Å². The molecule has 1 atom stereocenters. The maximum Gasteiger partial charge on any atom is 0.310 e. The molecule has 6 heteroatoms. The van der Waals surface area contributed by atoms with E-state index in [1.165, 1.54) is 0 Å². The highest BCUT2D eigenvalue weighted by Gasteiger charge is 2.27. The molecule has 1 aliphatic heterocycles. The summed E-state index contributed by atoms with van der Waals surface area (Å²) in [5.41, 5.74) is 0. The van der Waals surface area contributed by atoms with Gasteiger partial charge in [0.1, 0.15) is 11.6 Å². The molecule has 0 bridgehead atoms. The van der Waals surface area contributed by atoms with Crippen LogP contribution in [0.4, 0.5) is 5.82 Å². The van der Waals surface area contributed by atoms with Crippen LogP contribution in [0.15, 0.2) is 6.07 Å². The summed E-state index contributed by atoms with van der Waals surface area (Å²) in [5, 5.41) is 0. The first-order chi connectivity index (χ1) is 9.63. The molecule has 6 nitrogen and oxygen atoms in total. The molecule has 0 radical (unpaired) electrons. The minimum absolute atomic E-state index is 0.0787. The van der Waals surface area contributed by atoms with Crippen molar-refractivity contribution in [2.75, 3.05) is 31.7 Å². The monoisotopic (exact) mass is 279 g/mol. The van der Waals surface area contributed by atoms with Crippen LogP contribution in [0, 0.1) is 12.8 Å². The predicted molar refractivity (Wildman–Crippen MR) is 74.9 cm³/mol. The Hall–Kier alpha value is -1.85.